The standard InChI is InChI=1S/C10H13FN2/c1-5-8-10(7(3)11)13(4)9(6-2)12-8/h5H,1,3,6H2,2,4H3. The lowest BCUT2D eigenvalue weighted by Gasteiger charge is -2.01. The minimum atomic E-state index is -0.468. The Bertz CT molecular complexity index is 350. The first-order valence-electron chi connectivity index (χ1n) is 4.14. The van der Waals surface area contributed by atoms with E-state index in [-0.39, 0.29) is 0 Å². The predicted octanol–water partition coefficient (Wildman–Crippen LogP) is 2.57. The zero-order valence-electron chi connectivity index (χ0n) is 7.97. The second kappa shape index (κ2) is 3.56. The minimum Gasteiger partial charge on any atom is -0.329 e. The van der Waals surface area contributed by atoms with E-state index in [9.17, 15) is 4.39 Å². The average Bonchev–Trinajstić information content (AvgIpc) is 2.41. The minimum absolute atomic E-state index is 0.423. The molecule has 0 N–H and O–H groups in total. The number of aryl methyl sites for hydroxylation is 1. The van der Waals surface area contributed by atoms with Gasteiger partial charge in [-0.05, 0) is 6.08 Å². The van der Waals surface area contributed by atoms with Crippen molar-refractivity contribution in [3.05, 3.63) is 30.4 Å². The molecule has 0 aliphatic carbocycles. The summed E-state index contributed by atoms with van der Waals surface area (Å²) < 4.78 is 14.7. The summed E-state index contributed by atoms with van der Waals surface area (Å²) in [6.07, 6.45) is 2.31. The lowest BCUT2D eigenvalue weighted by Crippen LogP contribution is -1.98. The fraction of sp³-hybridized carbons (Fsp3) is 0.300. The van der Waals surface area contributed by atoms with Crippen LogP contribution in [0.15, 0.2) is 13.2 Å². The highest BCUT2D eigenvalue weighted by molar-refractivity contribution is 5.64. The Hall–Kier alpha value is -1.38. The maximum atomic E-state index is 13.0. The van der Waals surface area contributed by atoms with Gasteiger partial charge in [0.15, 0.2) is 0 Å². The van der Waals surface area contributed by atoms with E-state index >= 15 is 0 Å². The summed E-state index contributed by atoms with van der Waals surface area (Å²) in [6.45, 7) is 8.82. The molecule has 0 atom stereocenters. The van der Waals surface area contributed by atoms with Crippen molar-refractivity contribution in [3.63, 3.8) is 0 Å². The predicted molar refractivity (Wildman–Crippen MR) is 52.8 cm³/mol. The molecule has 0 amide bonds. The van der Waals surface area contributed by atoms with Crippen LogP contribution in [0, 0.1) is 0 Å². The second-order valence-electron chi connectivity index (χ2n) is 2.78. The van der Waals surface area contributed by atoms with E-state index in [0.717, 1.165) is 12.2 Å². The van der Waals surface area contributed by atoms with Crippen LogP contribution in [0.1, 0.15) is 24.1 Å². The van der Waals surface area contributed by atoms with Crippen LogP contribution >= 0.6 is 0 Å². The van der Waals surface area contributed by atoms with Crippen molar-refractivity contribution < 1.29 is 4.39 Å². The Morgan fingerprint density at radius 3 is 2.62 bits per heavy atom. The van der Waals surface area contributed by atoms with E-state index in [0.29, 0.717) is 11.4 Å². The van der Waals surface area contributed by atoms with Gasteiger partial charge in [-0.3, -0.25) is 0 Å². The van der Waals surface area contributed by atoms with E-state index in [1.54, 1.807) is 17.7 Å². The average molecular weight is 180 g/mol. The molecule has 0 aliphatic heterocycles. The summed E-state index contributed by atoms with van der Waals surface area (Å²) in [5.74, 6) is 0.369. The van der Waals surface area contributed by atoms with Crippen molar-refractivity contribution in [1.29, 1.82) is 0 Å². The summed E-state index contributed by atoms with van der Waals surface area (Å²) in [4.78, 5) is 4.21. The summed E-state index contributed by atoms with van der Waals surface area (Å²) >= 11 is 0. The Morgan fingerprint density at radius 2 is 2.31 bits per heavy atom. The third kappa shape index (κ3) is 1.54. The molecular formula is C10H13FN2. The molecule has 0 fully saturated rings. The molecule has 2 nitrogen and oxygen atoms in total. The molecule has 70 valence electrons. The molecule has 0 unspecified atom stereocenters. The number of hydrogen-bond donors (Lipinski definition) is 0. The number of halogens is 1. The first-order chi connectivity index (χ1) is 6.11. The Kier molecular flexibility index (Phi) is 2.66. The molecule has 13 heavy (non-hydrogen) atoms. The van der Waals surface area contributed by atoms with Gasteiger partial charge in [0, 0.05) is 13.5 Å². The summed E-state index contributed by atoms with van der Waals surface area (Å²) in [7, 11) is 1.78. The molecule has 1 heterocycles. The zero-order chi connectivity index (χ0) is 10.0. The summed E-state index contributed by atoms with van der Waals surface area (Å²) in [5.41, 5.74) is 0.985. The SMILES string of the molecule is C=Cc1nc(CC)n(C)c1C(=C)F. The molecular weight excluding hydrogens is 167 g/mol. The Morgan fingerprint density at radius 1 is 1.69 bits per heavy atom. The molecule has 0 spiro atoms. The largest absolute Gasteiger partial charge is 0.329 e. The van der Waals surface area contributed by atoms with Gasteiger partial charge in [0.2, 0.25) is 0 Å². The van der Waals surface area contributed by atoms with E-state index in [1.165, 1.54) is 0 Å². The maximum Gasteiger partial charge on any atom is 0.141 e. The topological polar surface area (TPSA) is 17.8 Å². The first kappa shape index (κ1) is 9.71. The van der Waals surface area contributed by atoms with Gasteiger partial charge in [0.25, 0.3) is 0 Å². The van der Waals surface area contributed by atoms with E-state index in [2.05, 4.69) is 18.1 Å². The van der Waals surface area contributed by atoms with Crippen molar-refractivity contribution in [2.75, 3.05) is 0 Å². The summed E-state index contributed by atoms with van der Waals surface area (Å²) in [5, 5.41) is 0. The highest BCUT2D eigenvalue weighted by Gasteiger charge is 2.13. The second-order valence-corrected chi connectivity index (χ2v) is 2.78. The lowest BCUT2D eigenvalue weighted by molar-refractivity contribution is 0.722. The van der Waals surface area contributed by atoms with E-state index in [4.69, 9.17) is 0 Å². The lowest BCUT2D eigenvalue weighted by atomic mass is 10.3. The van der Waals surface area contributed by atoms with Gasteiger partial charge in [-0.25, -0.2) is 9.37 Å². The summed E-state index contributed by atoms with van der Waals surface area (Å²) in [6, 6.07) is 0. The Balaban J connectivity index is 3.37. The number of aromatic nitrogens is 2. The molecule has 0 saturated carbocycles. The molecule has 0 radical (unpaired) electrons. The maximum absolute atomic E-state index is 13.0. The third-order valence-electron chi connectivity index (χ3n) is 1.98. The van der Waals surface area contributed by atoms with Crippen molar-refractivity contribution in [2.45, 2.75) is 13.3 Å². The molecule has 0 aromatic carbocycles. The van der Waals surface area contributed by atoms with Gasteiger partial charge in [-0.1, -0.05) is 20.1 Å². The fourth-order valence-electron chi connectivity index (χ4n) is 1.35. The molecule has 3 heteroatoms. The zero-order valence-corrected chi connectivity index (χ0v) is 7.97. The van der Waals surface area contributed by atoms with Crippen LogP contribution < -0.4 is 0 Å². The molecule has 1 aromatic rings. The van der Waals surface area contributed by atoms with Crippen molar-refractivity contribution >= 4 is 11.9 Å². The number of imidazole rings is 1. The van der Waals surface area contributed by atoms with Crippen LogP contribution in [0.2, 0.25) is 0 Å². The van der Waals surface area contributed by atoms with Gasteiger partial charge >= 0.3 is 0 Å². The van der Waals surface area contributed by atoms with Crippen LogP contribution in [0.5, 0.6) is 0 Å². The third-order valence-corrected chi connectivity index (χ3v) is 1.98. The van der Waals surface area contributed by atoms with Crippen molar-refractivity contribution in [2.24, 2.45) is 7.05 Å². The van der Waals surface area contributed by atoms with Crippen LogP contribution in [0.25, 0.3) is 11.9 Å². The monoisotopic (exact) mass is 180 g/mol. The molecule has 0 saturated heterocycles. The number of rotatable bonds is 3. The van der Waals surface area contributed by atoms with E-state index < -0.39 is 5.83 Å². The molecule has 1 rings (SSSR count). The smallest absolute Gasteiger partial charge is 0.141 e. The van der Waals surface area contributed by atoms with Crippen molar-refractivity contribution in [1.82, 2.24) is 9.55 Å². The highest BCUT2D eigenvalue weighted by Crippen LogP contribution is 2.20. The van der Waals surface area contributed by atoms with Crippen LogP contribution in [-0.2, 0) is 13.5 Å². The Labute approximate surface area is 77.4 Å². The molecule has 0 aliphatic rings. The molecule has 1 aromatic heterocycles. The van der Waals surface area contributed by atoms with Gasteiger partial charge < -0.3 is 4.57 Å². The normalized spacial score (nSPS) is 10.1. The fourth-order valence-corrected chi connectivity index (χ4v) is 1.35. The van der Waals surface area contributed by atoms with Crippen LogP contribution in [0.3, 0.4) is 0 Å². The van der Waals surface area contributed by atoms with Crippen molar-refractivity contribution in [3.8, 4) is 0 Å². The molecule has 0 bridgehead atoms. The van der Waals surface area contributed by atoms with Gasteiger partial charge in [-0.2, -0.15) is 0 Å². The quantitative estimate of drug-likeness (QED) is 0.699. The van der Waals surface area contributed by atoms with Crippen LogP contribution in [-0.4, -0.2) is 9.55 Å². The highest BCUT2D eigenvalue weighted by atomic mass is 19.1. The first-order valence-corrected chi connectivity index (χ1v) is 4.14. The van der Waals surface area contributed by atoms with Gasteiger partial charge in [0.1, 0.15) is 17.3 Å². The van der Waals surface area contributed by atoms with Gasteiger partial charge in [0.05, 0.1) is 5.69 Å². The van der Waals surface area contributed by atoms with Crippen LogP contribution in [0.4, 0.5) is 4.39 Å². The van der Waals surface area contributed by atoms with E-state index in [1.807, 2.05) is 6.92 Å². The number of nitrogens with zero attached hydrogens (tertiary/aromatic N) is 2. The number of hydrogen-bond acceptors (Lipinski definition) is 1. The van der Waals surface area contributed by atoms with Gasteiger partial charge in [-0.15, -0.1) is 0 Å².